The third kappa shape index (κ3) is 4.08. The van der Waals surface area contributed by atoms with Crippen molar-refractivity contribution in [1.82, 2.24) is 0 Å². The lowest BCUT2D eigenvalue weighted by Gasteiger charge is -2.09. The van der Waals surface area contributed by atoms with Crippen LogP contribution < -0.4 is 15.1 Å². The largest absolute Gasteiger partial charge is 0.497 e. The number of aryl methyl sites for hydroxylation is 2. The summed E-state index contributed by atoms with van der Waals surface area (Å²) in [6.45, 7) is -0.0146. The molecule has 4 rings (SSSR count). The van der Waals surface area contributed by atoms with Gasteiger partial charge < -0.3 is 18.6 Å². The van der Waals surface area contributed by atoms with Crippen LogP contribution >= 0.6 is 0 Å². The zero-order valence-corrected chi connectivity index (χ0v) is 16.9. The number of ether oxygens (including phenoxy) is 3. The van der Waals surface area contributed by atoms with Crippen LogP contribution in [-0.2, 0) is 29.0 Å². The van der Waals surface area contributed by atoms with Crippen molar-refractivity contribution >= 4 is 23.0 Å². The zero-order valence-electron chi connectivity index (χ0n) is 16.9. The van der Waals surface area contributed by atoms with E-state index in [-0.39, 0.29) is 6.61 Å². The molecule has 0 bridgehead atoms. The number of fused-ring (bicyclic) bond motifs is 2. The fraction of sp³-hybridized carbons (Fsp3) is 0.250. The van der Waals surface area contributed by atoms with Crippen molar-refractivity contribution in [2.45, 2.75) is 25.9 Å². The van der Waals surface area contributed by atoms with Crippen LogP contribution in [0.2, 0.25) is 0 Å². The molecule has 6 nitrogen and oxygen atoms in total. The first-order valence-electron chi connectivity index (χ1n) is 9.73. The number of carbonyl (C=O) groups is 1. The molecule has 0 saturated heterocycles. The Morgan fingerprint density at radius 2 is 1.87 bits per heavy atom. The number of esters is 1. The summed E-state index contributed by atoms with van der Waals surface area (Å²) in [6.07, 6.45) is 6.02. The van der Waals surface area contributed by atoms with Gasteiger partial charge in [0.2, 0.25) is 0 Å². The highest BCUT2D eigenvalue weighted by Gasteiger charge is 2.15. The molecule has 154 valence electrons. The molecule has 6 heteroatoms. The molecule has 0 amide bonds. The molecule has 2 aromatic carbocycles. The summed E-state index contributed by atoms with van der Waals surface area (Å²) in [4.78, 5) is 24.2. The quantitative estimate of drug-likeness (QED) is 0.349. The number of hydrogen-bond donors (Lipinski definition) is 0. The first-order chi connectivity index (χ1) is 14.6. The minimum atomic E-state index is -0.526. The van der Waals surface area contributed by atoms with E-state index in [1.165, 1.54) is 23.3 Å². The van der Waals surface area contributed by atoms with Gasteiger partial charge in [-0.15, -0.1) is 0 Å². The molecule has 0 unspecified atom stereocenters. The van der Waals surface area contributed by atoms with Gasteiger partial charge in [-0.25, -0.2) is 9.59 Å². The topological polar surface area (TPSA) is 75.0 Å². The van der Waals surface area contributed by atoms with E-state index in [2.05, 4.69) is 0 Å². The van der Waals surface area contributed by atoms with Gasteiger partial charge in [0.15, 0.2) is 0 Å². The van der Waals surface area contributed by atoms with E-state index in [1.54, 1.807) is 38.5 Å². The Labute approximate surface area is 173 Å². The molecule has 30 heavy (non-hydrogen) atoms. The molecule has 0 N–H and O–H groups in total. The molecular formula is C24H22O6. The van der Waals surface area contributed by atoms with Crippen LogP contribution in [0.3, 0.4) is 0 Å². The average molecular weight is 406 g/mol. The van der Waals surface area contributed by atoms with Gasteiger partial charge in [0.1, 0.15) is 23.7 Å². The Morgan fingerprint density at radius 1 is 1.07 bits per heavy atom. The van der Waals surface area contributed by atoms with Gasteiger partial charge in [-0.05, 0) is 66.8 Å². The van der Waals surface area contributed by atoms with Crippen LogP contribution in [-0.4, -0.2) is 20.2 Å². The highest BCUT2D eigenvalue weighted by Crippen LogP contribution is 2.29. The Bertz CT molecular complexity index is 1190. The van der Waals surface area contributed by atoms with Crippen LogP contribution in [0.1, 0.15) is 28.7 Å². The van der Waals surface area contributed by atoms with E-state index >= 15 is 0 Å². The van der Waals surface area contributed by atoms with Gasteiger partial charge in [-0.3, -0.25) is 0 Å². The van der Waals surface area contributed by atoms with Crippen molar-refractivity contribution in [2.24, 2.45) is 0 Å². The predicted molar refractivity (Wildman–Crippen MR) is 113 cm³/mol. The van der Waals surface area contributed by atoms with Crippen molar-refractivity contribution in [3.63, 3.8) is 0 Å². The average Bonchev–Trinajstić information content (AvgIpc) is 3.21. The summed E-state index contributed by atoms with van der Waals surface area (Å²) in [6, 6.07) is 10.7. The smallest absolute Gasteiger partial charge is 0.336 e. The van der Waals surface area contributed by atoms with Crippen molar-refractivity contribution < 1.29 is 23.4 Å². The van der Waals surface area contributed by atoms with Gasteiger partial charge in [0.05, 0.1) is 14.2 Å². The maximum atomic E-state index is 12.3. The monoisotopic (exact) mass is 406 g/mol. The van der Waals surface area contributed by atoms with Gasteiger partial charge in [0, 0.05) is 28.7 Å². The van der Waals surface area contributed by atoms with Gasteiger partial charge in [-0.1, -0.05) is 0 Å². The van der Waals surface area contributed by atoms with Crippen molar-refractivity contribution in [3.05, 3.63) is 75.1 Å². The Hall–Kier alpha value is -3.54. The number of methoxy groups -OCH3 is 2. The molecule has 1 aliphatic carbocycles. The summed E-state index contributed by atoms with van der Waals surface area (Å²) in [5.74, 6) is 0.738. The van der Waals surface area contributed by atoms with Crippen LogP contribution in [0, 0.1) is 0 Å². The molecule has 1 aromatic heterocycles. The van der Waals surface area contributed by atoms with E-state index in [4.69, 9.17) is 18.6 Å². The first kappa shape index (κ1) is 19.8. The zero-order chi connectivity index (χ0) is 21.1. The van der Waals surface area contributed by atoms with E-state index in [0.29, 0.717) is 28.2 Å². The molecule has 0 fully saturated rings. The van der Waals surface area contributed by atoms with Crippen LogP contribution in [0.5, 0.6) is 11.5 Å². The third-order valence-electron chi connectivity index (χ3n) is 5.25. The van der Waals surface area contributed by atoms with Crippen molar-refractivity contribution in [2.75, 3.05) is 14.2 Å². The van der Waals surface area contributed by atoms with E-state index < -0.39 is 11.6 Å². The number of hydrogen-bond acceptors (Lipinski definition) is 6. The lowest BCUT2D eigenvalue weighted by molar-refractivity contribution is -0.138. The molecule has 0 atom stereocenters. The molecule has 1 heterocycles. The van der Waals surface area contributed by atoms with Crippen molar-refractivity contribution in [3.8, 4) is 11.5 Å². The minimum Gasteiger partial charge on any atom is -0.497 e. The second kappa shape index (κ2) is 8.45. The molecule has 0 spiro atoms. The Balaban J connectivity index is 1.52. The maximum Gasteiger partial charge on any atom is 0.336 e. The Morgan fingerprint density at radius 3 is 2.63 bits per heavy atom. The number of carbonyl (C=O) groups excluding carboxylic acids is 1. The molecule has 0 radical (unpaired) electrons. The molecule has 0 saturated carbocycles. The summed E-state index contributed by atoms with van der Waals surface area (Å²) in [5.41, 5.74) is 3.88. The molecule has 3 aromatic rings. The van der Waals surface area contributed by atoms with Gasteiger partial charge in [-0.2, -0.15) is 0 Å². The van der Waals surface area contributed by atoms with E-state index in [0.717, 1.165) is 24.6 Å². The lowest BCUT2D eigenvalue weighted by Crippen LogP contribution is -2.06. The lowest BCUT2D eigenvalue weighted by atomic mass is 10.0. The first-order valence-corrected chi connectivity index (χ1v) is 9.73. The number of benzene rings is 2. The maximum absolute atomic E-state index is 12.3. The predicted octanol–water partition coefficient (Wildman–Crippen LogP) is 4.06. The SMILES string of the molecule is COc1ccc(OC)c(/C=C/C(=O)OCc2cc(=O)oc3cc4c(cc23)CCC4)c1. The summed E-state index contributed by atoms with van der Waals surface area (Å²) < 4.78 is 21.2. The van der Waals surface area contributed by atoms with Gasteiger partial charge >= 0.3 is 11.6 Å². The van der Waals surface area contributed by atoms with Gasteiger partial charge in [0.25, 0.3) is 0 Å². The molecular weight excluding hydrogens is 384 g/mol. The minimum absolute atomic E-state index is 0.0146. The van der Waals surface area contributed by atoms with E-state index in [1.807, 2.05) is 12.1 Å². The fourth-order valence-electron chi connectivity index (χ4n) is 3.74. The summed E-state index contributed by atoms with van der Waals surface area (Å²) in [5, 5.41) is 0.807. The standard InChI is InChI=1S/C24H22O6/c1-27-19-7-8-21(28-2)17(10-19)6-9-23(25)29-14-18-13-24(26)30-22-12-16-5-3-4-15(16)11-20(18)22/h6-13H,3-5,14H2,1-2H3/b9-6+. The summed E-state index contributed by atoms with van der Waals surface area (Å²) in [7, 11) is 3.12. The molecule has 0 aliphatic heterocycles. The number of rotatable bonds is 6. The second-order valence-corrected chi connectivity index (χ2v) is 7.11. The van der Waals surface area contributed by atoms with Crippen LogP contribution in [0.4, 0.5) is 0 Å². The van der Waals surface area contributed by atoms with E-state index in [9.17, 15) is 9.59 Å². The normalized spacial score (nSPS) is 12.9. The second-order valence-electron chi connectivity index (χ2n) is 7.11. The van der Waals surface area contributed by atoms with Crippen LogP contribution in [0.15, 0.2) is 51.7 Å². The Kier molecular flexibility index (Phi) is 5.57. The van der Waals surface area contributed by atoms with Crippen molar-refractivity contribution in [1.29, 1.82) is 0 Å². The fourth-order valence-corrected chi connectivity index (χ4v) is 3.74. The van der Waals surface area contributed by atoms with Crippen LogP contribution in [0.25, 0.3) is 17.0 Å². The highest BCUT2D eigenvalue weighted by molar-refractivity contribution is 5.88. The summed E-state index contributed by atoms with van der Waals surface area (Å²) >= 11 is 0. The highest BCUT2D eigenvalue weighted by atomic mass is 16.5. The third-order valence-corrected chi connectivity index (χ3v) is 5.25. The molecule has 1 aliphatic rings.